The molecule has 0 saturated carbocycles. The second-order valence-electron chi connectivity index (χ2n) is 3.93. The Morgan fingerprint density at radius 3 is 2.25 bits per heavy atom. The van der Waals surface area contributed by atoms with E-state index in [0.717, 1.165) is 12.1 Å². The largest absolute Gasteiger partial charge is 0.399 e. The molecule has 2 aromatic rings. The van der Waals surface area contributed by atoms with Crippen LogP contribution in [0.25, 0.3) is 0 Å². The summed E-state index contributed by atoms with van der Waals surface area (Å²) in [5, 5.41) is -0.550. The first-order valence-electron chi connectivity index (χ1n) is 5.32. The molecule has 0 spiro atoms. The van der Waals surface area contributed by atoms with Gasteiger partial charge in [-0.05, 0) is 30.3 Å². The van der Waals surface area contributed by atoms with Crippen LogP contribution in [0.2, 0.25) is 10.0 Å². The number of hydrogen-bond acceptors (Lipinski definition) is 3. The quantitative estimate of drug-likeness (QED) is 0.666. The van der Waals surface area contributed by atoms with Gasteiger partial charge in [0.1, 0.15) is 0 Å². The Labute approximate surface area is 125 Å². The minimum absolute atomic E-state index is 0.0194. The zero-order chi connectivity index (χ0) is 14.9. The maximum Gasteiger partial charge on any atom is 0.261 e. The summed E-state index contributed by atoms with van der Waals surface area (Å²) in [5.74, 6) is -0.805. The van der Waals surface area contributed by atoms with Crippen molar-refractivity contribution in [3.05, 3.63) is 52.3 Å². The predicted octanol–water partition coefficient (Wildman–Crippen LogP) is 3.52. The van der Waals surface area contributed by atoms with Crippen LogP contribution >= 0.6 is 23.2 Å². The van der Waals surface area contributed by atoms with Crippen LogP contribution in [0.1, 0.15) is 0 Å². The Hall–Kier alpha value is -1.50. The maximum absolute atomic E-state index is 13.3. The molecule has 0 aliphatic heterocycles. The fourth-order valence-electron chi connectivity index (χ4n) is 1.51. The third-order valence-corrected chi connectivity index (χ3v) is 4.33. The van der Waals surface area contributed by atoms with Crippen molar-refractivity contribution in [3.63, 3.8) is 0 Å². The zero-order valence-electron chi connectivity index (χ0n) is 9.90. The second-order valence-corrected chi connectivity index (χ2v) is 6.43. The lowest BCUT2D eigenvalue weighted by atomic mass is 10.3. The molecule has 0 saturated heterocycles. The number of nitrogen functional groups attached to an aromatic ring is 1. The number of sulfonamides is 1. The predicted molar refractivity (Wildman–Crippen MR) is 78.1 cm³/mol. The molecule has 0 heterocycles. The van der Waals surface area contributed by atoms with Crippen LogP contribution in [0.3, 0.4) is 0 Å². The maximum atomic E-state index is 13.3. The first kappa shape index (κ1) is 14.9. The smallest absolute Gasteiger partial charge is 0.261 e. The van der Waals surface area contributed by atoms with Gasteiger partial charge in [0, 0.05) is 5.69 Å². The standard InChI is InChI=1S/C12H9Cl2FN2O2S/c13-10-5-8(6-11(14)12(10)15)17-20(18,19)9-3-1-2-7(16)4-9/h1-6,17H,16H2. The lowest BCUT2D eigenvalue weighted by Gasteiger charge is -2.10. The van der Waals surface area contributed by atoms with Crippen molar-refractivity contribution in [1.82, 2.24) is 0 Å². The number of nitrogens with one attached hydrogen (secondary N) is 1. The summed E-state index contributed by atoms with van der Waals surface area (Å²) in [5.41, 5.74) is 5.90. The molecule has 3 N–H and O–H groups in total. The Morgan fingerprint density at radius 2 is 1.70 bits per heavy atom. The monoisotopic (exact) mass is 334 g/mol. The van der Waals surface area contributed by atoms with E-state index in [2.05, 4.69) is 4.72 Å². The van der Waals surface area contributed by atoms with E-state index in [4.69, 9.17) is 28.9 Å². The van der Waals surface area contributed by atoms with E-state index < -0.39 is 15.8 Å². The van der Waals surface area contributed by atoms with Gasteiger partial charge in [-0.15, -0.1) is 0 Å². The van der Waals surface area contributed by atoms with Gasteiger partial charge in [0.05, 0.1) is 20.6 Å². The van der Waals surface area contributed by atoms with E-state index in [1.54, 1.807) is 6.07 Å². The van der Waals surface area contributed by atoms with E-state index >= 15 is 0 Å². The average molecular weight is 335 g/mol. The summed E-state index contributed by atoms with van der Waals surface area (Å²) in [6.07, 6.45) is 0. The van der Waals surface area contributed by atoms with Gasteiger partial charge in [-0.2, -0.15) is 0 Å². The molecule has 8 heteroatoms. The van der Waals surface area contributed by atoms with Gasteiger partial charge < -0.3 is 5.73 Å². The molecule has 0 radical (unpaired) electrons. The molecule has 0 aliphatic carbocycles. The average Bonchev–Trinajstić information content (AvgIpc) is 2.35. The second kappa shape index (κ2) is 5.47. The summed E-state index contributed by atoms with van der Waals surface area (Å²) >= 11 is 11.2. The van der Waals surface area contributed by atoms with Crippen molar-refractivity contribution in [2.24, 2.45) is 0 Å². The normalized spacial score (nSPS) is 11.3. The van der Waals surface area contributed by atoms with Crippen LogP contribution in [0, 0.1) is 5.82 Å². The highest BCUT2D eigenvalue weighted by molar-refractivity contribution is 7.92. The summed E-state index contributed by atoms with van der Waals surface area (Å²) in [4.78, 5) is -0.0194. The van der Waals surface area contributed by atoms with Gasteiger partial charge in [-0.25, -0.2) is 12.8 Å². The first-order chi connectivity index (χ1) is 9.29. The molecule has 2 aromatic carbocycles. The summed E-state index contributed by atoms with van der Waals surface area (Å²) in [6.45, 7) is 0. The number of hydrogen-bond donors (Lipinski definition) is 2. The third kappa shape index (κ3) is 3.15. The minimum Gasteiger partial charge on any atom is -0.399 e. The van der Waals surface area contributed by atoms with Crippen molar-refractivity contribution in [3.8, 4) is 0 Å². The molecule has 0 amide bonds. The zero-order valence-corrected chi connectivity index (χ0v) is 12.2. The fraction of sp³-hybridized carbons (Fsp3) is 0. The Balaban J connectivity index is 2.38. The van der Waals surface area contributed by atoms with Crippen LogP contribution in [-0.2, 0) is 10.0 Å². The fourth-order valence-corrected chi connectivity index (χ4v) is 3.09. The van der Waals surface area contributed by atoms with Crippen molar-refractivity contribution in [2.75, 3.05) is 10.5 Å². The molecule has 4 nitrogen and oxygen atoms in total. The SMILES string of the molecule is Nc1cccc(S(=O)(=O)Nc2cc(Cl)c(F)c(Cl)c2)c1. The third-order valence-electron chi connectivity index (χ3n) is 2.40. The van der Waals surface area contributed by atoms with Crippen LogP contribution in [0.4, 0.5) is 15.8 Å². The van der Waals surface area contributed by atoms with Gasteiger partial charge in [0.2, 0.25) is 0 Å². The van der Waals surface area contributed by atoms with E-state index in [1.807, 2.05) is 0 Å². The number of anilines is 2. The van der Waals surface area contributed by atoms with E-state index in [1.165, 1.54) is 18.2 Å². The van der Waals surface area contributed by atoms with Crippen molar-refractivity contribution in [2.45, 2.75) is 4.90 Å². The molecule has 0 fully saturated rings. The lowest BCUT2D eigenvalue weighted by Crippen LogP contribution is -2.13. The summed E-state index contributed by atoms with van der Waals surface area (Å²) < 4.78 is 39.7. The number of nitrogens with two attached hydrogens (primary N) is 1. The number of benzene rings is 2. The Kier molecular flexibility index (Phi) is 4.08. The van der Waals surface area contributed by atoms with Crippen LogP contribution in [0.15, 0.2) is 41.3 Å². The van der Waals surface area contributed by atoms with E-state index in [9.17, 15) is 12.8 Å². The van der Waals surface area contributed by atoms with Crippen molar-refractivity contribution >= 4 is 44.6 Å². The minimum atomic E-state index is -3.85. The molecule has 0 aromatic heterocycles. The van der Waals surface area contributed by atoms with Crippen molar-refractivity contribution < 1.29 is 12.8 Å². The Morgan fingerprint density at radius 1 is 1.10 bits per heavy atom. The highest BCUT2D eigenvalue weighted by atomic mass is 35.5. The van der Waals surface area contributed by atoms with Crippen LogP contribution in [-0.4, -0.2) is 8.42 Å². The highest BCUT2D eigenvalue weighted by Gasteiger charge is 2.16. The highest BCUT2D eigenvalue weighted by Crippen LogP contribution is 2.28. The lowest BCUT2D eigenvalue weighted by molar-refractivity contribution is 0.601. The summed E-state index contributed by atoms with van der Waals surface area (Å²) in [6, 6.07) is 8.01. The molecule has 106 valence electrons. The molecular weight excluding hydrogens is 326 g/mol. The van der Waals surface area contributed by atoms with Crippen molar-refractivity contribution in [1.29, 1.82) is 0 Å². The molecule has 0 bridgehead atoms. The van der Waals surface area contributed by atoms with Gasteiger partial charge >= 0.3 is 0 Å². The molecule has 2 rings (SSSR count). The molecule has 0 aliphatic rings. The topological polar surface area (TPSA) is 72.2 Å². The number of rotatable bonds is 3. The first-order valence-corrected chi connectivity index (χ1v) is 7.56. The Bertz CT molecular complexity index is 743. The van der Waals surface area contributed by atoms with E-state index in [0.29, 0.717) is 5.69 Å². The van der Waals surface area contributed by atoms with Gasteiger partial charge in [0.15, 0.2) is 5.82 Å². The van der Waals surface area contributed by atoms with Gasteiger partial charge in [0.25, 0.3) is 10.0 Å². The molecule has 0 unspecified atom stereocenters. The van der Waals surface area contributed by atoms with Crippen LogP contribution < -0.4 is 10.5 Å². The van der Waals surface area contributed by atoms with E-state index in [-0.39, 0.29) is 20.6 Å². The summed E-state index contributed by atoms with van der Waals surface area (Å²) in [7, 11) is -3.85. The molecular formula is C12H9Cl2FN2O2S. The van der Waals surface area contributed by atoms with Crippen LogP contribution in [0.5, 0.6) is 0 Å². The van der Waals surface area contributed by atoms with Gasteiger partial charge in [-0.1, -0.05) is 29.3 Å². The number of halogens is 3. The molecule has 20 heavy (non-hydrogen) atoms. The molecule has 0 atom stereocenters. The van der Waals surface area contributed by atoms with Gasteiger partial charge in [-0.3, -0.25) is 4.72 Å².